The first kappa shape index (κ1) is 17.7. The summed E-state index contributed by atoms with van der Waals surface area (Å²) in [6, 6.07) is 4.84. The van der Waals surface area contributed by atoms with Crippen LogP contribution in [-0.4, -0.2) is 40.3 Å². The predicted molar refractivity (Wildman–Crippen MR) is 80.5 cm³/mol. The van der Waals surface area contributed by atoms with Crippen LogP contribution in [0.4, 0.5) is 0 Å². The van der Waals surface area contributed by atoms with Crippen LogP contribution in [0.15, 0.2) is 22.7 Å². The molecule has 2 atom stereocenters. The van der Waals surface area contributed by atoms with E-state index in [-0.39, 0.29) is 0 Å². The number of carbonyl (C=O) groups excluding carboxylic acids is 1. The van der Waals surface area contributed by atoms with Gasteiger partial charge in [-0.3, -0.25) is 4.79 Å². The topological polar surface area (TPSA) is 95.9 Å². The molecule has 6 nitrogen and oxygen atoms in total. The molecule has 2 unspecified atom stereocenters. The van der Waals surface area contributed by atoms with E-state index in [9.17, 15) is 14.7 Å². The van der Waals surface area contributed by atoms with Crippen LogP contribution in [0.5, 0.6) is 5.75 Å². The number of amides is 1. The molecule has 8 heteroatoms. The SMILES string of the molecule is CC(Oc1ccc(Cl)cc1Br)C(=O)NCC(C)(O)C(=O)O. The number of ether oxygens (including phenoxy) is 1. The number of aliphatic carboxylic acids is 1. The lowest BCUT2D eigenvalue weighted by molar-refractivity contribution is -0.156. The Labute approximate surface area is 135 Å². The number of hydrogen-bond donors (Lipinski definition) is 3. The smallest absolute Gasteiger partial charge is 0.337 e. The van der Waals surface area contributed by atoms with Gasteiger partial charge in [0.05, 0.1) is 11.0 Å². The standard InChI is InChI=1S/C13H15BrClNO5/c1-7(11(17)16-6-13(2,20)12(18)19)21-10-4-3-8(15)5-9(10)14/h3-5,7,20H,6H2,1-2H3,(H,16,17)(H,18,19). The Balaban J connectivity index is 2.61. The summed E-state index contributed by atoms with van der Waals surface area (Å²) in [4.78, 5) is 22.5. The molecule has 1 aromatic carbocycles. The lowest BCUT2D eigenvalue weighted by Gasteiger charge is -2.20. The fourth-order valence-electron chi connectivity index (χ4n) is 1.29. The molecule has 0 heterocycles. The molecule has 0 saturated heterocycles. The molecule has 0 aromatic heterocycles. The zero-order valence-electron chi connectivity index (χ0n) is 11.4. The number of nitrogens with one attached hydrogen (secondary N) is 1. The molecule has 21 heavy (non-hydrogen) atoms. The molecule has 0 aliphatic carbocycles. The van der Waals surface area contributed by atoms with Crippen LogP contribution >= 0.6 is 27.5 Å². The normalized spacial score (nSPS) is 14.9. The zero-order chi connectivity index (χ0) is 16.2. The van der Waals surface area contributed by atoms with Gasteiger partial charge >= 0.3 is 5.97 Å². The number of carbonyl (C=O) groups is 2. The van der Waals surface area contributed by atoms with Crippen LogP contribution in [0, 0.1) is 0 Å². The van der Waals surface area contributed by atoms with Crippen molar-refractivity contribution in [2.24, 2.45) is 0 Å². The van der Waals surface area contributed by atoms with Gasteiger partial charge in [0.15, 0.2) is 11.7 Å². The Morgan fingerprint density at radius 1 is 1.52 bits per heavy atom. The highest BCUT2D eigenvalue weighted by atomic mass is 79.9. The van der Waals surface area contributed by atoms with Crippen molar-refractivity contribution in [1.82, 2.24) is 5.32 Å². The Morgan fingerprint density at radius 2 is 2.14 bits per heavy atom. The number of benzene rings is 1. The first-order valence-electron chi connectivity index (χ1n) is 5.98. The van der Waals surface area contributed by atoms with Gasteiger partial charge in [-0.1, -0.05) is 11.6 Å². The second kappa shape index (κ2) is 7.11. The maximum Gasteiger partial charge on any atom is 0.337 e. The van der Waals surface area contributed by atoms with Gasteiger partial charge in [-0.2, -0.15) is 0 Å². The van der Waals surface area contributed by atoms with Crippen molar-refractivity contribution in [3.05, 3.63) is 27.7 Å². The molecule has 1 rings (SSSR count). The molecule has 1 aromatic rings. The van der Waals surface area contributed by atoms with Gasteiger partial charge in [0, 0.05) is 5.02 Å². The highest BCUT2D eigenvalue weighted by Crippen LogP contribution is 2.28. The molecule has 0 bridgehead atoms. The Bertz CT molecular complexity index is 549. The van der Waals surface area contributed by atoms with E-state index in [0.717, 1.165) is 6.92 Å². The number of rotatable bonds is 6. The average molecular weight is 381 g/mol. The summed E-state index contributed by atoms with van der Waals surface area (Å²) in [5.74, 6) is -1.54. The van der Waals surface area contributed by atoms with Crippen LogP contribution < -0.4 is 10.1 Å². The number of carboxylic acids is 1. The monoisotopic (exact) mass is 379 g/mol. The summed E-state index contributed by atoms with van der Waals surface area (Å²) in [7, 11) is 0. The number of carboxylic acid groups (broad SMARTS) is 1. The van der Waals surface area contributed by atoms with Gasteiger partial charge in [-0.25, -0.2) is 4.79 Å². The molecule has 0 saturated carbocycles. The summed E-state index contributed by atoms with van der Waals surface area (Å²) in [5, 5.41) is 21.1. The summed E-state index contributed by atoms with van der Waals surface area (Å²) >= 11 is 9.05. The van der Waals surface area contributed by atoms with Gasteiger partial charge in [0.1, 0.15) is 5.75 Å². The van der Waals surface area contributed by atoms with E-state index >= 15 is 0 Å². The van der Waals surface area contributed by atoms with E-state index in [0.29, 0.717) is 15.2 Å². The summed E-state index contributed by atoms with van der Waals surface area (Å²) in [6.07, 6.45) is -0.868. The van der Waals surface area contributed by atoms with E-state index in [1.807, 2.05) is 0 Å². The van der Waals surface area contributed by atoms with Gasteiger partial charge in [-0.15, -0.1) is 0 Å². The Morgan fingerprint density at radius 3 is 2.67 bits per heavy atom. The largest absolute Gasteiger partial charge is 0.480 e. The van der Waals surface area contributed by atoms with Crippen LogP contribution in [-0.2, 0) is 9.59 Å². The van der Waals surface area contributed by atoms with Gasteiger partial charge in [0.2, 0.25) is 0 Å². The molecule has 116 valence electrons. The second-order valence-corrected chi connectivity index (χ2v) is 5.92. The number of hydrogen-bond acceptors (Lipinski definition) is 4. The number of halogens is 2. The zero-order valence-corrected chi connectivity index (χ0v) is 13.7. The molecular formula is C13H15BrClNO5. The molecular weight excluding hydrogens is 366 g/mol. The van der Waals surface area contributed by atoms with Crippen molar-refractivity contribution in [3.63, 3.8) is 0 Å². The molecule has 3 N–H and O–H groups in total. The Kier molecular flexibility index (Phi) is 6.00. The predicted octanol–water partition coefficient (Wildman–Crippen LogP) is 1.82. The van der Waals surface area contributed by atoms with Crippen LogP contribution in [0.1, 0.15) is 13.8 Å². The minimum Gasteiger partial charge on any atom is -0.480 e. The minimum atomic E-state index is -2.03. The van der Waals surface area contributed by atoms with Crippen molar-refractivity contribution in [1.29, 1.82) is 0 Å². The highest BCUT2D eigenvalue weighted by molar-refractivity contribution is 9.10. The van der Waals surface area contributed by atoms with Crippen LogP contribution in [0.25, 0.3) is 0 Å². The fraction of sp³-hybridized carbons (Fsp3) is 0.385. The summed E-state index contributed by atoms with van der Waals surface area (Å²) in [6.45, 7) is 2.18. The lowest BCUT2D eigenvalue weighted by Crippen LogP contribution is -2.49. The third-order valence-electron chi connectivity index (χ3n) is 2.63. The third-order valence-corrected chi connectivity index (χ3v) is 3.49. The summed E-state index contributed by atoms with van der Waals surface area (Å²) in [5.41, 5.74) is -2.03. The molecule has 0 aliphatic heterocycles. The van der Waals surface area contributed by atoms with Gasteiger partial charge < -0.3 is 20.3 Å². The van der Waals surface area contributed by atoms with E-state index in [1.54, 1.807) is 18.2 Å². The second-order valence-electron chi connectivity index (χ2n) is 4.63. The molecule has 0 radical (unpaired) electrons. The quantitative estimate of drug-likeness (QED) is 0.699. The van der Waals surface area contributed by atoms with Crippen LogP contribution in [0.2, 0.25) is 5.02 Å². The maximum atomic E-state index is 11.8. The maximum absolute atomic E-state index is 11.8. The molecule has 0 fully saturated rings. The Hall–Kier alpha value is -1.31. The van der Waals surface area contributed by atoms with Crippen molar-refractivity contribution >= 4 is 39.4 Å². The van der Waals surface area contributed by atoms with Crippen LogP contribution in [0.3, 0.4) is 0 Å². The van der Waals surface area contributed by atoms with Gasteiger partial charge in [-0.05, 0) is 48.0 Å². The van der Waals surface area contributed by atoms with Crippen molar-refractivity contribution in [2.45, 2.75) is 25.6 Å². The van der Waals surface area contributed by atoms with Gasteiger partial charge in [0.25, 0.3) is 5.91 Å². The van der Waals surface area contributed by atoms with Crippen molar-refractivity contribution in [2.75, 3.05) is 6.54 Å². The third kappa shape index (κ3) is 5.18. The van der Waals surface area contributed by atoms with E-state index < -0.39 is 30.1 Å². The van der Waals surface area contributed by atoms with Crippen molar-refractivity contribution < 1.29 is 24.5 Å². The van der Waals surface area contributed by atoms with E-state index in [1.165, 1.54) is 6.92 Å². The summed E-state index contributed by atoms with van der Waals surface area (Å²) < 4.78 is 6.03. The average Bonchev–Trinajstić information content (AvgIpc) is 2.39. The van der Waals surface area contributed by atoms with Crippen molar-refractivity contribution in [3.8, 4) is 5.75 Å². The highest BCUT2D eigenvalue weighted by Gasteiger charge is 2.31. The van der Waals surface area contributed by atoms with E-state index in [4.69, 9.17) is 21.4 Å². The minimum absolute atomic E-state index is 0.420. The molecule has 0 aliphatic rings. The number of aliphatic hydroxyl groups is 1. The first-order chi connectivity index (χ1) is 9.63. The first-order valence-corrected chi connectivity index (χ1v) is 7.16. The fourth-order valence-corrected chi connectivity index (χ4v) is 2.07. The molecule has 1 amide bonds. The molecule has 0 spiro atoms. The lowest BCUT2D eigenvalue weighted by atomic mass is 10.1. The van der Waals surface area contributed by atoms with E-state index in [2.05, 4.69) is 21.2 Å².